The van der Waals surface area contributed by atoms with Gasteiger partial charge in [0, 0.05) is 45.0 Å². The molecule has 1 saturated heterocycles. The number of piperidine rings is 1. The number of nitrogens with zero attached hydrogens (tertiary/aromatic N) is 2. The molecular weight excluding hydrogens is 527 g/mol. The molecule has 1 heterocycles. The van der Waals surface area contributed by atoms with Crippen LogP contribution >= 0.6 is 24.0 Å². The number of rotatable bonds is 10. The molecule has 186 valence electrons. The van der Waals surface area contributed by atoms with Crippen molar-refractivity contribution in [3.05, 3.63) is 35.4 Å². The molecule has 6 nitrogen and oxygen atoms in total. The van der Waals surface area contributed by atoms with Gasteiger partial charge >= 0.3 is 0 Å². The Morgan fingerprint density at radius 1 is 1.03 bits per heavy atom. The summed E-state index contributed by atoms with van der Waals surface area (Å²) in [6, 6.07) is 7.96. The van der Waals surface area contributed by atoms with Crippen molar-refractivity contribution in [2.24, 2.45) is 10.4 Å². The summed E-state index contributed by atoms with van der Waals surface area (Å²) in [5, 5.41) is 6.98. The van der Waals surface area contributed by atoms with E-state index in [0.29, 0.717) is 12.0 Å². The molecule has 1 aliphatic carbocycles. The molecule has 0 bridgehead atoms. The van der Waals surface area contributed by atoms with Gasteiger partial charge in [0.2, 0.25) is 0 Å². The number of guanidine groups is 1. The first-order valence-corrected chi connectivity index (χ1v) is 12.6. The first-order chi connectivity index (χ1) is 15.7. The highest BCUT2D eigenvalue weighted by Gasteiger charge is 2.33. The highest BCUT2D eigenvalue weighted by Crippen LogP contribution is 2.40. The quantitative estimate of drug-likeness (QED) is 0.181. The number of carbonyl (C=O) groups excluding carboxylic acids is 1. The van der Waals surface area contributed by atoms with Crippen molar-refractivity contribution < 1.29 is 9.53 Å². The van der Waals surface area contributed by atoms with Crippen LogP contribution in [0.5, 0.6) is 0 Å². The Morgan fingerprint density at radius 2 is 1.73 bits per heavy atom. The Labute approximate surface area is 217 Å². The van der Waals surface area contributed by atoms with Crippen molar-refractivity contribution in [3.63, 3.8) is 0 Å². The monoisotopic (exact) mass is 570 g/mol. The van der Waals surface area contributed by atoms with Crippen molar-refractivity contribution in [1.82, 2.24) is 15.5 Å². The van der Waals surface area contributed by atoms with Gasteiger partial charge in [0.1, 0.15) is 0 Å². The third-order valence-corrected chi connectivity index (χ3v) is 6.88. The van der Waals surface area contributed by atoms with Crippen molar-refractivity contribution in [2.75, 3.05) is 39.4 Å². The summed E-state index contributed by atoms with van der Waals surface area (Å²) in [5.74, 6) is 1.02. The SMILES string of the molecule is CCNC(=NCc1ccc(C(=O)N2CCCCC2)cc1)NCC1(CCOCC)CCCC1.I. The molecule has 3 rings (SSSR count). The highest BCUT2D eigenvalue weighted by molar-refractivity contribution is 14.0. The van der Waals surface area contributed by atoms with Crippen LogP contribution in [0, 0.1) is 5.41 Å². The fraction of sp³-hybridized carbons (Fsp3) is 0.692. The van der Waals surface area contributed by atoms with E-state index in [9.17, 15) is 4.79 Å². The minimum atomic E-state index is 0. The van der Waals surface area contributed by atoms with Crippen molar-refractivity contribution in [3.8, 4) is 0 Å². The maximum atomic E-state index is 12.7. The molecule has 7 heteroatoms. The summed E-state index contributed by atoms with van der Waals surface area (Å²) in [6.45, 7) is 9.92. The predicted molar refractivity (Wildman–Crippen MR) is 146 cm³/mol. The summed E-state index contributed by atoms with van der Waals surface area (Å²) >= 11 is 0. The summed E-state index contributed by atoms with van der Waals surface area (Å²) in [4.78, 5) is 19.5. The van der Waals surface area contributed by atoms with Gasteiger partial charge < -0.3 is 20.3 Å². The van der Waals surface area contributed by atoms with Gasteiger partial charge in [-0.25, -0.2) is 4.99 Å². The lowest BCUT2D eigenvalue weighted by atomic mass is 9.83. The molecule has 1 saturated carbocycles. The number of likely N-dealkylation sites (tertiary alicyclic amines) is 1. The number of halogens is 1. The van der Waals surface area contributed by atoms with E-state index in [4.69, 9.17) is 9.73 Å². The van der Waals surface area contributed by atoms with Gasteiger partial charge in [-0.2, -0.15) is 0 Å². The Balaban J connectivity index is 0.00000385. The standard InChI is InChI=1S/C26H42N4O2.HI/c1-3-27-25(29-21-26(14-6-7-15-26)16-19-32-4-2)28-20-22-10-12-23(13-11-22)24(31)30-17-8-5-9-18-30;/h10-13H,3-9,14-21H2,1-2H3,(H2,27,28,29);1H. The van der Waals surface area contributed by atoms with Crippen molar-refractivity contribution in [2.45, 2.75) is 71.8 Å². The van der Waals surface area contributed by atoms with Gasteiger partial charge in [-0.15, -0.1) is 24.0 Å². The summed E-state index contributed by atoms with van der Waals surface area (Å²) in [7, 11) is 0. The third-order valence-electron chi connectivity index (χ3n) is 6.88. The third kappa shape index (κ3) is 8.74. The fourth-order valence-corrected chi connectivity index (χ4v) is 4.89. The Bertz CT molecular complexity index is 726. The molecule has 0 atom stereocenters. The second-order valence-electron chi connectivity index (χ2n) is 9.25. The number of benzene rings is 1. The minimum absolute atomic E-state index is 0. The van der Waals surface area contributed by atoms with Gasteiger partial charge in [0.25, 0.3) is 5.91 Å². The first-order valence-electron chi connectivity index (χ1n) is 12.6. The number of amides is 1. The number of ether oxygens (including phenoxy) is 1. The molecule has 0 radical (unpaired) electrons. The molecule has 1 aromatic rings. The number of nitrogens with one attached hydrogen (secondary N) is 2. The smallest absolute Gasteiger partial charge is 0.253 e. The van der Waals surface area contributed by atoms with Crippen LogP contribution in [0.2, 0.25) is 0 Å². The van der Waals surface area contributed by atoms with Crippen LogP contribution in [0.4, 0.5) is 0 Å². The van der Waals surface area contributed by atoms with Gasteiger partial charge in [-0.1, -0.05) is 25.0 Å². The van der Waals surface area contributed by atoms with E-state index in [-0.39, 0.29) is 29.9 Å². The van der Waals surface area contributed by atoms with E-state index < -0.39 is 0 Å². The lowest BCUT2D eigenvalue weighted by Crippen LogP contribution is -2.43. The average molecular weight is 571 g/mol. The second-order valence-corrected chi connectivity index (χ2v) is 9.25. The normalized spacial score (nSPS) is 18.0. The van der Waals surface area contributed by atoms with Crippen LogP contribution in [0.3, 0.4) is 0 Å². The zero-order valence-electron chi connectivity index (χ0n) is 20.5. The fourth-order valence-electron chi connectivity index (χ4n) is 4.89. The summed E-state index contributed by atoms with van der Waals surface area (Å²) in [6.07, 6.45) is 9.72. The van der Waals surface area contributed by atoms with Crippen LogP contribution < -0.4 is 10.6 Å². The zero-order valence-corrected chi connectivity index (χ0v) is 22.9. The van der Waals surface area contributed by atoms with E-state index in [2.05, 4.69) is 24.5 Å². The molecule has 2 N–H and O–H groups in total. The zero-order chi connectivity index (χ0) is 22.7. The van der Waals surface area contributed by atoms with E-state index >= 15 is 0 Å². The highest BCUT2D eigenvalue weighted by atomic mass is 127. The summed E-state index contributed by atoms with van der Waals surface area (Å²) < 4.78 is 5.64. The van der Waals surface area contributed by atoms with Crippen LogP contribution in [0.25, 0.3) is 0 Å². The molecule has 1 amide bonds. The van der Waals surface area contributed by atoms with E-state index in [1.165, 1.54) is 32.1 Å². The van der Waals surface area contributed by atoms with Gasteiger partial charge in [0.15, 0.2) is 5.96 Å². The molecule has 33 heavy (non-hydrogen) atoms. The Morgan fingerprint density at radius 3 is 2.36 bits per heavy atom. The molecular formula is C26H43IN4O2. The van der Waals surface area contributed by atoms with E-state index in [1.54, 1.807) is 0 Å². The van der Waals surface area contributed by atoms with Crippen molar-refractivity contribution >= 4 is 35.8 Å². The van der Waals surface area contributed by atoms with Crippen LogP contribution in [0.15, 0.2) is 29.3 Å². The maximum Gasteiger partial charge on any atom is 0.253 e. The molecule has 1 aromatic carbocycles. The molecule has 2 fully saturated rings. The molecule has 0 spiro atoms. The largest absolute Gasteiger partial charge is 0.382 e. The average Bonchev–Trinajstić information content (AvgIpc) is 3.30. The van der Waals surface area contributed by atoms with Gasteiger partial charge in [-0.3, -0.25) is 4.79 Å². The topological polar surface area (TPSA) is 66.0 Å². The lowest BCUT2D eigenvalue weighted by molar-refractivity contribution is 0.0724. The number of carbonyl (C=O) groups is 1. The van der Waals surface area contributed by atoms with Crippen LogP contribution in [-0.2, 0) is 11.3 Å². The van der Waals surface area contributed by atoms with Crippen LogP contribution in [0.1, 0.15) is 81.1 Å². The summed E-state index contributed by atoms with van der Waals surface area (Å²) in [5.41, 5.74) is 2.22. The van der Waals surface area contributed by atoms with Gasteiger partial charge in [0.05, 0.1) is 6.54 Å². The first kappa shape index (κ1) is 27.9. The molecule has 0 aromatic heterocycles. The lowest BCUT2D eigenvalue weighted by Gasteiger charge is -2.30. The molecule has 0 unspecified atom stereocenters. The molecule has 2 aliphatic rings. The maximum absolute atomic E-state index is 12.7. The van der Waals surface area contributed by atoms with Crippen LogP contribution in [-0.4, -0.2) is 56.2 Å². The Hall–Kier alpha value is -1.35. The second kappa shape index (κ2) is 14.8. The number of hydrogen-bond donors (Lipinski definition) is 2. The minimum Gasteiger partial charge on any atom is -0.382 e. The number of hydrogen-bond acceptors (Lipinski definition) is 3. The van der Waals surface area contributed by atoms with E-state index in [0.717, 1.165) is 75.7 Å². The Kier molecular flexibility index (Phi) is 12.5. The van der Waals surface area contributed by atoms with E-state index in [1.807, 2.05) is 29.2 Å². The van der Waals surface area contributed by atoms with Crippen molar-refractivity contribution in [1.29, 1.82) is 0 Å². The number of aliphatic imine (C=N–C) groups is 1. The predicted octanol–water partition coefficient (Wildman–Crippen LogP) is 4.97. The van der Waals surface area contributed by atoms with Gasteiger partial charge in [-0.05, 0) is 75.5 Å². The molecule has 1 aliphatic heterocycles.